The van der Waals surface area contributed by atoms with E-state index >= 15 is 0 Å². The van der Waals surface area contributed by atoms with Crippen LogP contribution in [0.3, 0.4) is 0 Å². The molecule has 0 spiro atoms. The van der Waals surface area contributed by atoms with Gasteiger partial charge >= 0.3 is 0 Å². The lowest BCUT2D eigenvalue weighted by Crippen LogP contribution is -2.22. The van der Waals surface area contributed by atoms with Crippen molar-refractivity contribution < 1.29 is 8.81 Å². The Morgan fingerprint density at radius 3 is 3.09 bits per heavy atom. The first-order chi connectivity index (χ1) is 11.3. The highest BCUT2D eigenvalue weighted by atomic mass is 32.1. The van der Waals surface area contributed by atoms with Crippen molar-refractivity contribution in [1.82, 2.24) is 9.88 Å². The van der Waals surface area contributed by atoms with Crippen molar-refractivity contribution in [3.05, 3.63) is 64.4 Å². The lowest BCUT2D eigenvalue weighted by molar-refractivity contribution is 0.248. The van der Waals surface area contributed by atoms with Gasteiger partial charge in [-0.1, -0.05) is 12.1 Å². The van der Waals surface area contributed by atoms with E-state index in [4.69, 9.17) is 4.42 Å². The molecule has 3 aromatic rings. The van der Waals surface area contributed by atoms with Gasteiger partial charge in [0, 0.05) is 23.0 Å². The number of benzene rings is 1. The summed E-state index contributed by atoms with van der Waals surface area (Å²) < 4.78 is 18.9. The number of rotatable bonds is 4. The molecule has 3 heterocycles. The summed E-state index contributed by atoms with van der Waals surface area (Å²) in [7, 11) is 0. The number of hydrogen-bond acceptors (Lipinski definition) is 4. The predicted molar refractivity (Wildman–Crippen MR) is 88.6 cm³/mol. The second-order valence-electron chi connectivity index (χ2n) is 5.80. The molecule has 0 bridgehead atoms. The molecule has 118 valence electrons. The molecule has 0 saturated carbocycles. The Labute approximate surface area is 138 Å². The molecule has 0 amide bonds. The van der Waals surface area contributed by atoms with Gasteiger partial charge in [0.05, 0.1) is 5.69 Å². The van der Waals surface area contributed by atoms with Crippen LogP contribution in [0.15, 0.2) is 52.5 Å². The van der Waals surface area contributed by atoms with Crippen molar-refractivity contribution in [3.8, 4) is 11.5 Å². The van der Waals surface area contributed by atoms with E-state index in [9.17, 15) is 4.39 Å². The molecule has 1 aliphatic rings. The summed E-state index contributed by atoms with van der Waals surface area (Å²) in [5.74, 6) is 0.200. The fraction of sp³-hybridized carbons (Fsp3) is 0.278. The summed E-state index contributed by atoms with van der Waals surface area (Å²) in [4.78, 5) is 8.39. The monoisotopic (exact) mass is 328 g/mol. The van der Waals surface area contributed by atoms with Crippen LogP contribution < -0.4 is 0 Å². The van der Waals surface area contributed by atoms with Crippen molar-refractivity contribution in [2.24, 2.45) is 0 Å². The Balaban J connectivity index is 1.51. The third-order valence-electron chi connectivity index (χ3n) is 4.22. The molecule has 0 aliphatic carbocycles. The molecular formula is C18H17FN2OS. The number of oxazole rings is 1. The van der Waals surface area contributed by atoms with Crippen LogP contribution in [0.2, 0.25) is 0 Å². The predicted octanol–water partition coefficient (Wildman–Crippen LogP) is 4.88. The molecule has 1 saturated heterocycles. The molecule has 4 rings (SSSR count). The zero-order valence-corrected chi connectivity index (χ0v) is 13.4. The topological polar surface area (TPSA) is 29.3 Å². The van der Waals surface area contributed by atoms with Crippen LogP contribution in [0.5, 0.6) is 0 Å². The van der Waals surface area contributed by atoms with E-state index in [1.54, 1.807) is 12.3 Å². The van der Waals surface area contributed by atoms with Gasteiger partial charge in [-0.15, -0.1) is 11.3 Å². The largest absolute Gasteiger partial charge is 0.444 e. The highest BCUT2D eigenvalue weighted by molar-refractivity contribution is 7.10. The van der Waals surface area contributed by atoms with Gasteiger partial charge in [0.15, 0.2) is 0 Å². The number of hydrogen-bond donors (Lipinski definition) is 0. The molecule has 1 atom stereocenters. The minimum absolute atomic E-state index is 0.278. The van der Waals surface area contributed by atoms with Gasteiger partial charge < -0.3 is 4.42 Å². The van der Waals surface area contributed by atoms with Crippen molar-refractivity contribution in [3.63, 3.8) is 0 Å². The molecule has 2 aromatic heterocycles. The van der Waals surface area contributed by atoms with Crippen LogP contribution in [-0.4, -0.2) is 16.4 Å². The summed E-state index contributed by atoms with van der Waals surface area (Å²) in [6, 6.07) is 11.1. The molecule has 1 aromatic carbocycles. The second kappa shape index (κ2) is 6.26. The number of thiophene rings is 1. The van der Waals surface area contributed by atoms with Gasteiger partial charge in [0.1, 0.15) is 12.1 Å². The van der Waals surface area contributed by atoms with Gasteiger partial charge in [-0.3, -0.25) is 4.90 Å². The highest BCUT2D eigenvalue weighted by Gasteiger charge is 2.27. The fourth-order valence-corrected chi connectivity index (χ4v) is 4.06. The van der Waals surface area contributed by atoms with E-state index in [1.807, 2.05) is 17.4 Å². The molecule has 23 heavy (non-hydrogen) atoms. The van der Waals surface area contributed by atoms with Gasteiger partial charge in [0.25, 0.3) is 0 Å². The normalized spacial score (nSPS) is 18.6. The van der Waals surface area contributed by atoms with Gasteiger partial charge in [0.2, 0.25) is 5.89 Å². The molecule has 1 unspecified atom stereocenters. The van der Waals surface area contributed by atoms with Gasteiger partial charge in [-0.05, 0) is 49.0 Å². The minimum Gasteiger partial charge on any atom is -0.444 e. The summed E-state index contributed by atoms with van der Waals surface area (Å²) in [6.07, 6.45) is 4.08. The van der Waals surface area contributed by atoms with Crippen molar-refractivity contribution in [1.29, 1.82) is 0 Å². The molecule has 0 radical (unpaired) electrons. The van der Waals surface area contributed by atoms with E-state index in [-0.39, 0.29) is 5.82 Å². The minimum atomic E-state index is -0.278. The van der Waals surface area contributed by atoms with Crippen molar-refractivity contribution in [2.75, 3.05) is 6.54 Å². The van der Waals surface area contributed by atoms with E-state index in [0.29, 0.717) is 17.5 Å². The van der Waals surface area contributed by atoms with Crippen molar-refractivity contribution in [2.45, 2.75) is 25.4 Å². The Bertz CT molecular complexity index is 784. The highest BCUT2D eigenvalue weighted by Crippen LogP contribution is 2.35. The Kier molecular flexibility index (Phi) is 3.97. The average Bonchev–Trinajstić information content (AvgIpc) is 3.29. The zero-order valence-electron chi connectivity index (χ0n) is 12.6. The Morgan fingerprint density at radius 2 is 2.26 bits per heavy atom. The Hall–Kier alpha value is -1.98. The van der Waals surface area contributed by atoms with E-state index in [1.165, 1.54) is 29.9 Å². The van der Waals surface area contributed by atoms with Crippen LogP contribution in [0, 0.1) is 5.82 Å². The summed E-state index contributed by atoms with van der Waals surface area (Å²) in [5.41, 5.74) is 1.57. The van der Waals surface area contributed by atoms with E-state index in [2.05, 4.69) is 27.4 Å². The maximum atomic E-state index is 13.3. The maximum Gasteiger partial charge on any atom is 0.226 e. The molecule has 0 N–H and O–H groups in total. The molecular weight excluding hydrogens is 311 g/mol. The third kappa shape index (κ3) is 3.07. The second-order valence-corrected chi connectivity index (χ2v) is 6.78. The maximum absolute atomic E-state index is 13.3. The zero-order chi connectivity index (χ0) is 15.6. The standard InChI is InChI=1S/C18H17FN2OS/c19-14-5-1-4-13(10-14)18-20-15(12-22-18)11-21-8-2-6-16(21)17-7-3-9-23-17/h1,3-5,7,9-10,12,16H,2,6,8,11H2. The van der Waals surface area contributed by atoms with E-state index in [0.717, 1.165) is 18.8 Å². The van der Waals surface area contributed by atoms with Crippen LogP contribution in [0.1, 0.15) is 29.5 Å². The first kappa shape index (κ1) is 14.6. The fourth-order valence-electron chi connectivity index (χ4n) is 3.16. The molecule has 1 fully saturated rings. The number of aromatic nitrogens is 1. The number of likely N-dealkylation sites (tertiary alicyclic amines) is 1. The summed E-state index contributed by atoms with van der Waals surface area (Å²) >= 11 is 1.81. The van der Waals surface area contributed by atoms with Gasteiger partial charge in [-0.25, -0.2) is 9.37 Å². The smallest absolute Gasteiger partial charge is 0.226 e. The van der Waals surface area contributed by atoms with Gasteiger partial charge in [-0.2, -0.15) is 0 Å². The first-order valence-electron chi connectivity index (χ1n) is 7.77. The summed E-state index contributed by atoms with van der Waals surface area (Å²) in [6.45, 7) is 1.84. The summed E-state index contributed by atoms with van der Waals surface area (Å²) in [5, 5.41) is 2.13. The SMILES string of the molecule is Fc1cccc(-c2nc(CN3CCCC3c3cccs3)co2)c1. The average molecular weight is 328 g/mol. The lowest BCUT2D eigenvalue weighted by atomic mass is 10.2. The molecule has 5 heteroatoms. The van der Waals surface area contributed by atoms with E-state index < -0.39 is 0 Å². The number of halogens is 1. The third-order valence-corrected chi connectivity index (χ3v) is 5.20. The molecule has 3 nitrogen and oxygen atoms in total. The Morgan fingerprint density at radius 1 is 1.30 bits per heavy atom. The molecule has 1 aliphatic heterocycles. The quantitative estimate of drug-likeness (QED) is 0.683. The lowest BCUT2D eigenvalue weighted by Gasteiger charge is -2.22. The van der Waals surface area contributed by atoms with Crippen LogP contribution in [-0.2, 0) is 6.54 Å². The first-order valence-corrected chi connectivity index (χ1v) is 8.65. The number of nitrogens with zero attached hydrogens (tertiary/aromatic N) is 2. The van der Waals surface area contributed by atoms with Crippen LogP contribution in [0.4, 0.5) is 4.39 Å². The van der Waals surface area contributed by atoms with Crippen molar-refractivity contribution >= 4 is 11.3 Å². The van der Waals surface area contributed by atoms with Crippen LogP contribution >= 0.6 is 11.3 Å². The van der Waals surface area contributed by atoms with Crippen LogP contribution in [0.25, 0.3) is 11.5 Å².